The molecule has 0 saturated carbocycles. The third-order valence-electron chi connectivity index (χ3n) is 1.79. The molecule has 0 amide bonds. The molecule has 1 aromatic rings. The zero-order chi connectivity index (χ0) is 14.5. The number of esters is 1. The fraction of sp³-hybridized carbons (Fsp3) is 0.500. The van der Waals surface area contributed by atoms with Crippen LogP contribution in [0, 0.1) is 0 Å². The minimum absolute atomic E-state index is 0.159. The highest BCUT2D eigenvalue weighted by Gasteiger charge is 2.20. The maximum absolute atomic E-state index is 11.7. The summed E-state index contributed by atoms with van der Waals surface area (Å²) in [6.45, 7) is 5.13. The molecule has 0 fully saturated rings. The Balaban J connectivity index is 2.99. The van der Waals surface area contributed by atoms with Crippen molar-refractivity contribution in [2.75, 3.05) is 11.3 Å². The first-order valence-electron chi connectivity index (χ1n) is 5.64. The Morgan fingerprint density at radius 1 is 1.37 bits per heavy atom. The largest absolute Gasteiger partial charge is 0.461 e. The number of nitrogens with zero attached hydrogens (tertiary/aromatic N) is 2. The van der Waals surface area contributed by atoms with Crippen molar-refractivity contribution in [3.05, 3.63) is 18.1 Å². The third-order valence-corrected chi connectivity index (χ3v) is 3.03. The van der Waals surface area contributed by atoms with Gasteiger partial charge in [0.25, 0.3) is 0 Å². The number of hydrogen-bond donors (Lipinski definition) is 2. The molecule has 0 radical (unpaired) electrons. The molecule has 9 heteroatoms. The van der Waals surface area contributed by atoms with E-state index >= 15 is 0 Å². The van der Waals surface area contributed by atoms with Gasteiger partial charge in [0.05, 0.1) is 6.61 Å². The Kier molecular flexibility index (Phi) is 5.19. The van der Waals surface area contributed by atoms with E-state index in [1.807, 2.05) is 0 Å². The normalized spacial score (nSPS) is 11.4. The number of aromatic nitrogens is 2. The molecule has 0 aliphatic carbocycles. The van der Waals surface area contributed by atoms with Crippen molar-refractivity contribution in [3.8, 4) is 0 Å². The molecule has 0 unspecified atom stereocenters. The van der Waals surface area contributed by atoms with E-state index in [0.29, 0.717) is 0 Å². The van der Waals surface area contributed by atoms with E-state index in [4.69, 9.17) is 4.74 Å². The Morgan fingerprint density at radius 2 is 2.00 bits per heavy atom. The van der Waals surface area contributed by atoms with Crippen molar-refractivity contribution in [1.29, 1.82) is 0 Å². The van der Waals surface area contributed by atoms with Crippen molar-refractivity contribution in [2.45, 2.75) is 26.8 Å². The summed E-state index contributed by atoms with van der Waals surface area (Å²) in [6.07, 6.45) is 2.55. The number of nitrogens with one attached hydrogen (secondary N) is 2. The number of anilines is 1. The highest BCUT2D eigenvalue weighted by atomic mass is 32.2. The summed E-state index contributed by atoms with van der Waals surface area (Å²) in [5, 5.41) is 0. The van der Waals surface area contributed by atoms with Gasteiger partial charge >= 0.3 is 16.2 Å². The van der Waals surface area contributed by atoms with Crippen molar-refractivity contribution >= 4 is 22.0 Å². The minimum atomic E-state index is -3.82. The molecule has 1 rings (SSSR count). The Bertz CT molecular complexity index is 544. The molecular formula is C10H16N4O4S. The number of ether oxygens (including phenoxy) is 1. The van der Waals surface area contributed by atoms with Crippen LogP contribution in [0.3, 0.4) is 0 Å². The molecule has 0 saturated heterocycles. The molecule has 0 aromatic carbocycles. The van der Waals surface area contributed by atoms with E-state index in [9.17, 15) is 13.2 Å². The number of rotatable bonds is 6. The fourth-order valence-corrected chi connectivity index (χ4v) is 2.31. The Labute approximate surface area is 111 Å². The Morgan fingerprint density at radius 3 is 2.58 bits per heavy atom. The van der Waals surface area contributed by atoms with Crippen LogP contribution < -0.4 is 9.44 Å². The molecule has 0 atom stereocenters. The lowest BCUT2D eigenvalue weighted by Gasteiger charge is -2.12. The lowest BCUT2D eigenvalue weighted by Crippen LogP contribution is -2.36. The lowest BCUT2D eigenvalue weighted by molar-refractivity contribution is 0.0520. The molecule has 0 aliphatic rings. The van der Waals surface area contributed by atoms with Crippen LogP contribution in [0.1, 0.15) is 31.3 Å². The van der Waals surface area contributed by atoms with Gasteiger partial charge in [-0.25, -0.2) is 14.8 Å². The fourth-order valence-electron chi connectivity index (χ4n) is 1.23. The molecule has 1 aromatic heterocycles. The topological polar surface area (TPSA) is 110 Å². The molecule has 8 nitrogen and oxygen atoms in total. The van der Waals surface area contributed by atoms with Gasteiger partial charge in [-0.1, -0.05) is 0 Å². The van der Waals surface area contributed by atoms with Gasteiger partial charge < -0.3 is 4.74 Å². The smallest absolute Gasteiger partial charge is 0.360 e. The van der Waals surface area contributed by atoms with Crippen LogP contribution in [-0.4, -0.2) is 37.0 Å². The summed E-state index contributed by atoms with van der Waals surface area (Å²) in [4.78, 5) is 19.1. The molecule has 0 bridgehead atoms. The van der Waals surface area contributed by atoms with E-state index in [-0.39, 0.29) is 24.2 Å². The molecule has 0 aliphatic heterocycles. The summed E-state index contributed by atoms with van der Waals surface area (Å²) in [7, 11) is -3.82. The molecule has 1 heterocycles. The van der Waals surface area contributed by atoms with Crippen LogP contribution in [0.4, 0.5) is 5.82 Å². The monoisotopic (exact) mass is 288 g/mol. The van der Waals surface area contributed by atoms with E-state index in [1.54, 1.807) is 20.8 Å². The van der Waals surface area contributed by atoms with Gasteiger partial charge in [0.2, 0.25) is 0 Å². The SMILES string of the molecule is CCOC(=O)c1nccnc1NS(=O)(=O)NC(C)C. The number of carbonyl (C=O) groups is 1. The quantitative estimate of drug-likeness (QED) is 0.729. The van der Waals surface area contributed by atoms with Crippen LogP contribution >= 0.6 is 0 Å². The first-order valence-corrected chi connectivity index (χ1v) is 7.12. The predicted molar refractivity (Wildman–Crippen MR) is 68.8 cm³/mol. The van der Waals surface area contributed by atoms with Gasteiger partial charge in [-0.15, -0.1) is 0 Å². The second-order valence-electron chi connectivity index (χ2n) is 3.85. The zero-order valence-electron chi connectivity index (χ0n) is 10.9. The predicted octanol–water partition coefficient (Wildman–Crippen LogP) is 0.308. The van der Waals surface area contributed by atoms with Crippen LogP contribution in [0.2, 0.25) is 0 Å². The molecule has 106 valence electrons. The summed E-state index contributed by atoms with van der Waals surface area (Å²) >= 11 is 0. The highest BCUT2D eigenvalue weighted by molar-refractivity contribution is 7.90. The van der Waals surface area contributed by atoms with E-state index in [2.05, 4.69) is 19.4 Å². The maximum atomic E-state index is 11.7. The molecule has 19 heavy (non-hydrogen) atoms. The number of hydrogen-bond acceptors (Lipinski definition) is 6. The molecular weight excluding hydrogens is 272 g/mol. The number of carbonyl (C=O) groups excluding carboxylic acids is 1. The van der Waals surface area contributed by atoms with Gasteiger partial charge in [0.1, 0.15) is 0 Å². The Hall–Kier alpha value is -1.74. The second kappa shape index (κ2) is 6.43. The van der Waals surface area contributed by atoms with Gasteiger partial charge in [-0.3, -0.25) is 4.72 Å². The second-order valence-corrected chi connectivity index (χ2v) is 5.30. The third kappa shape index (κ3) is 4.79. The average molecular weight is 288 g/mol. The van der Waals surface area contributed by atoms with Gasteiger partial charge in [-0.05, 0) is 20.8 Å². The van der Waals surface area contributed by atoms with E-state index < -0.39 is 16.2 Å². The highest BCUT2D eigenvalue weighted by Crippen LogP contribution is 2.11. The van der Waals surface area contributed by atoms with Crippen LogP contribution in [0.15, 0.2) is 12.4 Å². The first-order chi connectivity index (χ1) is 8.85. The van der Waals surface area contributed by atoms with Crippen molar-refractivity contribution in [1.82, 2.24) is 14.7 Å². The zero-order valence-corrected chi connectivity index (χ0v) is 11.7. The lowest BCUT2D eigenvalue weighted by atomic mass is 10.4. The standard InChI is InChI=1S/C10H16N4O4S/c1-4-18-10(15)8-9(12-6-5-11-8)14-19(16,17)13-7(2)3/h5-7,13H,4H2,1-3H3,(H,12,14). The van der Waals surface area contributed by atoms with Crippen molar-refractivity contribution in [3.63, 3.8) is 0 Å². The molecule has 2 N–H and O–H groups in total. The first kappa shape index (κ1) is 15.3. The van der Waals surface area contributed by atoms with E-state index in [1.165, 1.54) is 12.4 Å². The summed E-state index contributed by atoms with van der Waals surface area (Å²) in [6, 6.07) is -0.291. The average Bonchev–Trinajstić information content (AvgIpc) is 2.27. The maximum Gasteiger partial charge on any atom is 0.360 e. The van der Waals surface area contributed by atoms with Gasteiger partial charge in [-0.2, -0.15) is 13.1 Å². The molecule has 0 spiro atoms. The van der Waals surface area contributed by atoms with Crippen LogP contribution in [-0.2, 0) is 14.9 Å². The minimum Gasteiger partial charge on any atom is -0.461 e. The van der Waals surface area contributed by atoms with Crippen molar-refractivity contribution in [2.24, 2.45) is 0 Å². The van der Waals surface area contributed by atoms with Gasteiger partial charge in [0.15, 0.2) is 11.5 Å². The summed E-state index contributed by atoms with van der Waals surface area (Å²) < 4.78 is 32.6. The van der Waals surface area contributed by atoms with E-state index in [0.717, 1.165) is 0 Å². The summed E-state index contributed by atoms with van der Waals surface area (Å²) in [5.74, 6) is -0.910. The van der Waals surface area contributed by atoms with Crippen LogP contribution in [0.5, 0.6) is 0 Å². The summed E-state index contributed by atoms with van der Waals surface area (Å²) in [5.41, 5.74) is -0.182. The van der Waals surface area contributed by atoms with Gasteiger partial charge in [0, 0.05) is 18.4 Å². The van der Waals surface area contributed by atoms with Crippen LogP contribution in [0.25, 0.3) is 0 Å². The van der Waals surface area contributed by atoms with Crippen molar-refractivity contribution < 1.29 is 17.9 Å².